The van der Waals surface area contributed by atoms with Crippen molar-refractivity contribution >= 4 is 11.6 Å². The van der Waals surface area contributed by atoms with Crippen LogP contribution in [0.15, 0.2) is 60.4 Å². The van der Waals surface area contributed by atoms with E-state index in [-0.39, 0.29) is 11.6 Å². The lowest BCUT2D eigenvalue weighted by atomic mass is 9.87. The highest BCUT2D eigenvalue weighted by Crippen LogP contribution is 2.23. The lowest BCUT2D eigenvalue weighted by Gasteiger charge is -2.14. The third-order valence-electron chi connectivity index (χ3n) is 3.44. The Hall–Kier alpha value is -2.55. The van der Waals surface area contributed by atoms with Gasteiger partial charge in [0.25, 0.3) is 0 Å². The SMILES string of the molecule is O=C1C=C(CCc2cccnc2)C(=O)c2ccccc21. The number of ketones is 2. The molecule has 1 aromatic heterocycles. The summed E-state index contributed by atoms with van der Waals surface area (Å²) in [5, 5.41) is 0. The van der Waals surface area contributed by atoms with Gasteiger partial charge in [-0.15, -0.1) is 0 Å². The van der Waals surface area contributed by atoms with Crippen molar-refractivity contribution in [3.63, 3.8) is 0 Å². The number of hydrogen-bond acceptors (Lipinski definition) is 3. The molecule has 2 aromatic rings. The Morgan fingerprint density at radius 3 is 2.45 bits per heavy atom. The third kappa shape index (κ3) is 2.30. The number of carbonyl (C=O) groups is 2. The van der Waals surface area contributed by atoms with Crippen LogP contribution in [-0.2, 0) is 6.42 Å². The van der Waals surface area contributed by atoms with Gasteiger partial charge >= 0.3 is 0 Å². The smallest absolute Gasteiger partial charge is 0.189 e. The first-order valence-corrected chi connectivity index (χ1v) is 6.53. The molecule has 0 atom stereocenters. The fourth-order valence-corrected chi connectivity index (χ4v) is 2.38. The molecule has 1 aliphatic rings. The standard InChI is InChI=1S/C17H13NO2/c19-16-10-13(8-7-12-4-3-9-18-11-12)17(20)15-6-2-1-5-14(15)16/h1-6,9-11H,7-8H2. The summed E-state index contributed by atoms with van der Waals surface area (Å²) < 4.78 is 0. The summed E-state index contributed by atoms with van der Waals surface area (Å²) in [7, 11) is 0. The Labute approximate surface area is 117 Å². The summed E-state index contributed by atoms with van der Waals surface area (Å²) >= 11 is 0. The van der Waals surface area contributed by atoms with Crippen molar-refractivity contribution in [2.24, 2.45) is 0 Å². The van der Waals surface area contributed by atoms with E-state index >= 15 is 0 Å². The van der Waals surface area contributed by atoms with E-state index in [0.717, 1.165) is 5.56 Å². The van der Waals surface area contributed by atoms with Crippen LogP contribution >= 0.6 is 0 Å². The molecule has 3 nitrogen and oxygen atoms in total. The first-order chi connectivity index (χ1) is 9.75. The Bertz CT molecular complexity index is 702. The van der Waals surface area contributed by atoms with Gasteiger partial charge in [-0.25, -0.2) is 0 Å². The van der Waals surface area contributed by atoms with Crippen molar-refractivity contribution in [3.05, 3.63) is 77.1 Å². The van der Waals surface area contributed by atoms with Crippen LogP contribution in [0, 0.1) is 0 Å². The molecule has 0 spiro atoms. The molecule has 0 fully saturated rings. The van der Waals surface area contributed by atoms with E-state index in [9.17, 15) is 9.59 Å². The lowest BCUT2D eigenvalue weighted by Crippen LogP contribution is -2.17. The summed E-state index contributed by atoms with van der Waals surface area (Å²) in [4.78, 5) is 28.4. The predicted octanol–water partition coefficient (Wildman–Crippen LogP) is 3.02. The van der Waals surface area contributed by atoms with Crippen LogP contribution in [0.3, 0.4) is 0 Å². The summed E-state index contributed by atoms with van der Waals surface area (Å²) in [6.45, 7) is 0. The van der Waals surface area contributed by atoms with Gasteiger partial charge in [0.2, 0.25) is 0 Å². The van der Waals surface area contributed by atoms with E-state index in [0.29, 0.717) is 29.5 Å². The largest absolute Gasteiger partial charge is 0.289 e. The minimum absolute atomic E-state index is 0.0379. The van der Waals surface area contributed by atoms with Crippen LogP contribution in [0.4, 0.5) is 0 Å². The van der Waals surface area contributed by atoms with Crippen LogP contribution in [0.5, 0.6) is 0 Å². The molecule has 0 unspecified atom stereocenters. The maximum Gasteiger partial charge on any atom is 0.189 e. The molecule has 0 saturated carbocycles. The van der Waals surface area contributed by atoms with Crippen molar-refractivity contribution in [2.75, 3.05) is 0 Å². The quantitative estimate of drug-likeness (QED) is 0.855. The fourth-order valence-electron chi connectivity index (χ4n) is 2.38. The van der Waals surface area contributed by atoms with Gasteiger partial charge in [-0.05, 0) is 30.5 Å². The van der Waals surface area contributed by atoms with Crippen LogP contribution in [-0.4, -0.2) is 16.6 Å². The number of carbonyl (C=O) groups excluding carboxylic acids is 2. The number of hydrogen-bond donors (Lipinski definition) is 0. The van der Waals surface area contributed by atoms with Gasteiger partial charge in [-0.3, -0.25) is 14.6 Å². The van der Waals surface area contributed by atoms with Crippen molar-refractivity contribution in [3.8, 4) is 0 Å². The number of benzene rings is 1. The molecule has 0 N–H and O–H groups in total. The zero-order valence-electron chi connectivity index (χ0n) is 10.9. The van der Waals surface area contributed by atoms with Crippen molar-refractivity contribution in [1.29, 1.82) is 0 Å². The molecule has 3 heteroatoms. The van der Waals surface area contributed by atoms with Crippen molar-refractivity contribution in [1.82, 2.24) is 4.98 Å². The van der Waals surface area contributed by atoms with Crippen LogP contribution in [0.25, 0.3) is 0 Å². The summed E-state index contributed by atoms with van der Waals surface area (Å²) in [6, 6.07) is 10.8. The Kier molecular flexibility index (Phi) is 3.25. The molecule has 1 aromatic carbocycles. The minimum Gasteiger partial charge on any atom is -0.289 e. The van der Waals surface area contributed by atoms with E-state index in [1.54, 1.807) is 36.7 Å². The fraction of sp³-hybridized carbons (Fsp3) is 0.118. The van der Waals surface area contributed by atoms with E-state index < -0.39 is 0 Å². The van der Waals surface area contributed by atoms with Crippen LogP contribution < -0.4 is 0 Å². The molecular weight excluding hydrogens is 250 g/mol. The Morgan fingerprint density at radius 2 is 1.70 bits per heavy atom. The maximum atomic E-state index is 12.3. The number of nitrogens with zero attached hydrogens (tertiary/aromatic N) is 1. The highest BCUT2D eigenvalue weighted by Gasteiger charge is 2.24. The molecule has 0 aliphatic heterocycles. The monoisotopic (exact) mass is 263 g/mol. The van der Waals surface area contributed by atoms with E-state index in [1.807, 2.05) is 12.1 Å². The van der Waals surface area contributed by atoms with Crippen molar-refractivity contribution < 1.29 is 9.59 Å². The highest BCUT2D eigenvalue weighted by atomic mass is 16.1. The second kappa shape index (κ2) is 5.21. The Morgan fingerprint density at radius 1 is 0.900 bits per heavy atom. The number of Topliss-reactive ketones (excluding diaryl/α,β-unsaturated/α-hetero) is 1. The maximum absolute atomic E-state index is 12.3. The van der Waals surface area contributed by atoms with Gasteiger partial charge in [-0.1, -0.05) is 30.3 Å². The zero-order chi connectivity index (χ0) is 13.9. The number of allylic oxidation sites excluding steroid dienone is 2. The lowest BCUT2D eigenvalue weighted by molar-refractivity contribution is 0.0981. The van der Waals surface area contributed by atoms with Gasteiger partial charge in [-0.2, -0.15) is 0 Å². The van der Waals surface area contributed by atoms with Gasteiger partial charge in [0.05, 0.1) is 0 Å². The van der Waals surface area contributed by atoms with Crippen LogP contribution in [0.1, 0.15) is 32.7 Å². The summed E-state index contributed by atoms with van der Waals surface area (Å²) in [6.07, 6.45) is 6.24. The molecule has 0 saturated heterocycles. The van der Waals surface area contributed by atoms with Crippen molar-refractivity contribution in [2.45, 2.75) is 12.8 Å². The van der Waals surface area contributed by atoms with Gasteiger partial charge in [0, 0.05) is 29.1 Å². The zero-order valence-corrected chi connectivity index (χ0v) is 10.9. The van der Waals surface area contributed by atoms with Crippen LogP contribution in [0.2, 0.25) is 0 Å². The second-order valence-corrected chi connectivity index (χ2v) is 4.77. The number of pyridine rings is 1. The molecule has 0 bridgehead atoms. The van der Waals surface area contributed by atoms with Gasteiger partial charge < -0.3 is 0 Å². The number of rotatable bonds is 3. The Balaban J connectivity index is 1.82. The molecule has 0 amide bonds. The molecule has 98 valence electrons. The molecule has 3 rings (SSSR count). The second-order valence-electron chi connectivity index (χ2n) is 4.77. The molecule has 1 heterocycles. The predicted molar refractivity (Wildman–Crippen MR) is 75.7 cm³/mol. The number of fused-ring (bicyclic) bond motifs is 1. The molecule has 0 radical (unpaired) electrons. The number of aromatic nitrogens is 1. The highest BCUT2D eigenvalue weighted by molar-refractivity contribution is 6.24. The molecule has 20 heavy (non-hydrogen) atoms. The molecule has 1 aliphatic carbocycles. The summed E-state index contributed by atoms with van der Waals surface area (Å²) in [5.41, 5.74) is 2.66. The molecular formula is C17H13NO2. The van der Waals surface area contributed by atoms with Gasteiger partial charge in [0.1, 0.15) is 0 Å². The van der Waals surface area contributed by atoms with Gasteiger partial charge in [0.15, 0.2) is 11.6 Å². The van der Waals surface area contributed by atoms with E-state index in [4.69, 9.17) is 0 Å². The van der Waals surface area contributed by atoms with E-state index in [2.05, 4.69) is 4.98 Å². The average Bonchev–Trinajstić information content (AvgIpc) is 2.50. The first kappa shape index (κ1) is 12.5. The average molecular weight is 263 g/mol. The first-order valence-electron chi connectivity index (χ1n) is 6.53. The summed E-state index contributed by atoms with van der Waals surface area (Å²) in [5.74, 6) is -0.120. The number of aryl methyl sites for hydroxylation is 1. The normalized spacial score (nSPS) is 13.9. The third-order valence-corrected chi connectivity index (χ3v) is 3.44. The minimum atomic E-state index is -0.0820. The van der Waals surface area contributed by atoms with E-state index in [1.165, 1.54) is 6.08 Å². The topological polar surface area (TPSA) is 47.0 Å².